The number of piperidine rings is 1. The second kappa shape index (κ2) is 5.76. The Kier molecular flexibility index (Phi) is 4.59. The average molecular weight is 306 g/mol. The van der Waals surface area contributed by atoms with E-state index in [-0.39, 0.29) is 5.25 Å². The molecular weight excluding hydrogens is 286 g/mol. The van der Waals surface area contributed by atoms with Crippen molar-refractivity contribution in [2.75, 3.05) is 18.8 Å². The minimum atomic E-state index is 0.276. The highest BCUT2D eigenvalue weighted by molar-refractivity contribution is 9.09. The van der Waals surface area contributed by atoms with Gasteiger partial charge in [0.1, 0.15) is 0 Å². The zero-order valence-electron chi connectivity index (χ0n) is 9.82. The van der Waals surface area contributed by atoms with E-state index in [0.29, 0.717) is 10.7 Å². The van der Waals surface area contributed by atoms with Crippen molar-refractivity contribution in [1.82, 2.24) is 4.90 Å². The van der Waals surface area contributed by atoms with Crippen LogP contribution in [0, 0.1) is 5.92 Å². The van der Waals surface area contributed by atoms with Gasteiger partial charge in [0.05, 0.1) is 5.25 Å². The van der Waals surface area contributed by atoms with Crippen LogP contribution in [0.15, 0.2) is 0 Å². The number of amides is 1. The maximum absolute atomic E-state index is 12.2. The highest BCUT2D eigenvalue weighted by atomic mass is 79.9. The number of halogens is 1. The predicted molar refractivity (Wildman–Crippen MR) is 73.2 cm³/mol. The van der Waals surface area contributed by atoms with E-state index in [1.807, 2.05) is 11.8 Å². The molecule has 0 saturated carbocycles. The third-order valence-electron chi connectivity index (χ3n) is 3.71. The highest BCUT2D eigenvalue weighted by Gasteiger charge is 2.31. The summed E-state index contributed by atoms with van der Waals surface area (Å²) in [5.74, 6) is 2.33. The normalized spacial score (nSPS) is 29.4. The van der Waals surface area contributed by atoms with Gasteiger partial charge in [-0.25, -0.2) is 0 Å². The van der Waals surface area contributed by atoms with Crippen LogP contribution in [0.2, 0.25) is 0 Å². The van der Waals surface area contributed by atoms with Gasteiger partial charge in [0.2, 0.25) is 5.91 Å². The summed E-state index contributed by atoms with van der Waals surface area (Å²) in [6, 6.07) is 0. The van der Waals surface area contributed by atoms with Crippen molar-refractivity contribution in [3.05, 3.63) is 0 Å². The van der Waals surface area contributed by atoms with Crippen LogP contribution >= 0.6 is 27.7 Å². The Balaban J connectivity index is 1.81. The van der Waals surface area contributed by atoms with Gasteiger partial charge in [-0.1, -0.05) is 22.9 Å². The van der Waals surface area contributed by atoms with E-state index in [0.717, 1.165) is 38.3 Å². The van der Waals surface area contributed by atoms with Crippen molar-refractivity contribution >= 4 is 33.6 Å². The minimum absolute atomic E-state index is 0.276. The van der Waals surface area contributed by atoms with Crippen molar-refractivity contribution in [3.63, 3.8) is 0 Å². The number of nitrogens with zero attached hydrogens (tertiary/aromatic N) is 1. The van der Waals surface area contributed by atoms with Gasteiger partial charge in [-0.05, 0) is 37.4 Å². The molecule has 2 heterocycles. The zero-order chi connectivity index (χ0) is 11.5. The van der Waals surface area contributed by atoms with Gasteiger partial charge in [0.15, 0.2) is 0 Å². The maximum Gasteiger partial charge on any atom is 0.235 e. The predicted octanol–water partition coefficient (Wildman–Crippen LogP) is 2.90. The third-order valence-corrected chi connectivity index (χ3v) is 5.82. The SMILES string of the molecule is CC(Br)C1CCN(C(=O)C2CCCS2)CC1. The molecule has 2 atom stereocenters. The van der Waals surface area contributed by atoms with E-state index in [1.165, 1.54) is 12.2 Å². The van der Waals surface area contributed by atoms with Crippen LogP contribution in [0.1, 0.15) is 32.6 Å². The fourth-order valence-electron chi connectivity index (χ4n) is 2.56. The number of thioether (sulfide) groups is 1. The Morgan fingerprint density at radius 3 is 2.56 bits per heavy atom. The molecule has 2 nitrogen and oxygen atoms in total. The molecule has 16 heavy (non-hydrogen) atoms. The summed E-state index contributed by atoms with van der Waals surface area (Å²) in [5.41, 5.74) is 0. The number of hydrogen-bond donors (Lipinski definition) is 0. The van der Waals surface area contributed by atoms with Gasteiger partial charge in [-0.15, -0.1) is 11.8 Å². The van der Waals surface area contributed by atoms with Gasteiger partial charge in [0, 0.05) is 17.9 Å². The molecule has 0 aromatic rings. The molecule has 0 radical (unpaired) electrons. The van der Waals surface area contributed by atoms with Gasteiger partial charge in [0.25, 0.3) is 0 Å². The first-order chi connectivity index (χ1) is 7.68. The molecule has 0 aliphatic carbocycles. The first-order valence-electron chi connectivity index (χ1n) is 6.23. The number of carbonyl (C=O) groups excluding carboxylic acids is 1. The van der Waals surface area contributed by atoms with Crippen molar-refractivity contribution in [2.45, 2.75) is 42.7 Å². The van der Waals surface area contributed by atoms with Crippen LogP contribution in [0.4, 0.5) is 0 Å². The topological polar surface area (TPSA) is 20.3 Å². The number of hydrogen-bond acceptors (Lipinski definition) is 2. The number of rotatable bonds is 2. The van der Waals surface area contributed by atoms with E-state index in [9.17, 15) is 4.79 Å². The Labute approximate surface area is 111 Å². The molecule has 92 valence electrons. The van der Waals surface area contributed by atoms with Gasteiger partial charge in [-0.2, -0.15) is 0 Å². The lowest BCUT2D eigenvalue weighted by Crippen LogP contribution is -2.43. The Bertz CT molecular complexity index is 245. The Hall–Kier alpha value is 0.300. The summed E-state index contributed by atoms with van der Waals surface area (Å²) in [4.78, 5) is 14.9. The molecule has 2 rings (SSSR count). The molecule has 0 bridgehead atoms. The largest absolute Gasteiger partial charge is 0.342 e. The minimum Gasteiger partial charge on any atom is -0.342 e. The van der Waals surface area contributed by atoms with E-state index in [2.05, 4.69) is 27.8 Å². The van der Waals surface area contributed by atoms with Gasteiger partial charge >= 0.3 is 0 Å². The van der Waals surface area contributed by atoms with E-state index in [4.69, 9.17) is 0 Å². The van der Waals surface area contributed by atoms with Gasteiger partial charge in [-0.3, -0.25) is 4.79 Å². The molecule has 4 heteroatoms. The molecular formula is C12H20BrNOS. The monoisotopic (exact) mass is 305 g/mol. The molecule has 2 aliphatic rings. The standard InChI is InChI=1S/C12H20BrNOS/c1-9(13)10-4-6-14(7-5-10)12(15)11-3-2-8-16-11/h9-11H,2-8H2,1H3. The molecule has 0 aromatic heterocycles. The van der Waals surface area contributed by atoms with Crippen LogP contribution in [0.3, 0.4) is 0 Å². The molecule has 2 unspecified atom stereocenters. The lowest BCUT2D eigenvalue weighted by Gasteiger charge is -2.34. The Morgan fingerprint density at radius 1 is 1.38 bits per heavy atom. The smallest absolute Gasteiger partial charge is 0.235 e. The summed E-state index contributed by atoms with van der Waals surface area (Å²) in [6.45, 7) is 4.15. The summed E-state index contributed by atoms with van der Waals surface area (Å²) in [5, 5.41) is 0.276. The van der Waals surface area contributed by atoms with Crippen LogP contribution in [-0.2, 0) is 4.79 Å². The zero-order valence-corrected chi connectivity index (χ0v) is 12.2. The number of carbonyl (C=O) groups is 1. The van der Waals surface area contributed by atoms with Crippen molar-refractivity contribution in [2.24, 2.45) is 5.92 Å². The molecule has 2 saturated heterocycles. The third kappa shape index (κ3) is 2.95. The summed E-state index contributed by atoms with van der Waals surface area (Å²) in [6.07, 6.45) is 4.64. The van der Waals surface area contributed by atoms with Gasteiger partial charge < -0.3 is 4.90 Å². The molecule has 0 aromatic carbocycles. The van der Waals surface area contributed by atoms with Crippen LogP contribution in [-0.4, -0.2) is 39.7 Å². The number of alkyl halides is 1. The van der Waals surface area contributed by atoms with Crippen molar-refractivity contribution < 1.29 is 4.79 Å². The van der Waals surface area contributed by atoms with Crippen LogP contribution < -0.4 is 0 Å². The Morgan fingerprint density at radius 2 is 2.06 bits per heavy atom. The number of likely N-dealkylation sites (tertiary alicyclic amines) is 1. The lowest BCUT2D eigenvalue weighted by molar-refractivity contribution is -0.132. The van der Waals surface area contributed by atoms with Crippen molar-refractivity contribution in [3.8, 4) is 0 Å². The maximum atomic E-state index is 12.2. The molecule has 2 fully saturated rings. The average Bonchev–Trinajstić information content (AvgIpc) is 2.81. The lowest BCUT2D eigenvalue weighted by atomic mass is 9.94. The second-order valence-corrected chi connectivity index (χ2v) is 7.60. The second-order valence-electron chi connectivity index (χ2n) is 4.84. The highest BCUT2D eigenvalue weighted by Crippen LogP contribution is 2.30. The fraction of sp³-hybridized carbons (Fsp3) is 0.917. The summed E-state index contributed by atoms with van der Waals surface area (Å²) < 4.78 is 0. The van der Waals surface area contributed by atoms with E-state index in [1.54, 1.807) is 0 Å². The summed E-state index contributed by atoms with van der Waals surface area (Å²) in [7, 11) is 0. The van der Waals surface area contributed by atoms with E-state index >= 15 is 0 Å². The molecule has 1 amide bonds. The van der Waals surface area contributed by atoms with Crippen molar-refractivity contribution in [1.29, 1.82) is 0 Å². The first-order valence-corrected chi connectivity index (χ1v) is 8.19. The van der Waals surface area contributed by atoms with Crippen LogP contribution in [0.25, 0.3) is 0 Å². The summed E-state index contributed by atoms with van der Waals surface area (Å²) >= 11 is 5.50. The molecule has 0 spiro atoms. The van der Waals surface area contributed by atoms with Crippen LogP contribution in [0.5, 0.6) is 0 Å². The quantitative estimate of drug-likeness (QED) is 0.731. The molecule has 2 aliphatic heterocycles. The first kappa shape index (κ1) is 12.7. The molecule has 0 N–H and O–H groups in total. The fourth-order valence-corrected chi connectivity index (χ4v) is 4.33. The van der Waals surface area contributed by atoms with E-state index < -0.39 is 0 Å².